The summed E-state index contributed by atoms with van der Waals surface area (Å²) in [5, 5.41) is 0. The van der Waals surface area contributed by atoms with Crippen molar-refractivity contribution in [2.24, 2.45) is 11.8 Å². The van der Waals surface area contributed by atoms with Gasteiger partial charge in [0, 0.05) is 12.5 Å². The Hall–Kier alpha value is -0.900. The molecule has 1 saturated heterocycles. The minimum atomic E-state index is 0.212. The highest BCUT2D eigenvalue weighted by atomic mass is 16.5. The molecule has 2 atom stereocenters. The van der Waals surface area contributed by atoms with Gasteiger partial charge in [0.15, 0.2) is 0 Å². The third kappa shape index (κ3) is 2.12. The summed E-state index contributed by atoms with van der Waals surface area (Å²) < 4.78 is 5.45. The van der Waals surface area contributed by atoms with Gasteiger partial charge in [0.2, 0.25) is 0 Å². The third-order valence-electron chi connectivity index (χ3n) is 3.47. The Morgan fingerprint density at radius 1 is 1.38 bits per heavy atom. The van der Waals surface area contributed by atoms with Gasteiger partial charge < -0.3 is 4.74 Å². The fraction of sp³-hybridized carbons (Fsp3) is 0.538. The van der Waals surface area contributed by atoms with Crippen LogP contribution in [0.5, 0.6) is 0 Å². The van der Waals surface area contributed by atoms with Gasteiger partial charge >= 0.3 is 0 Å². The van der Waals surface area contributed by atoms with Crippen molar-refractivity contribution in [3.8, 4) is 0 Å². The summed E-state index contributed by atoms with van der Waals surface area (Å²) in [5.41, 5.74) is 6.90. The van der Waals surface area contributed by atoms with Crippen molar-refractivity contribution in [3.05, 3.63) is 34.9 Å². The number of hydrogen-bond donors (Lipinski definition) is 2. The molecule has 1 aliphatic heterocycles. The second kappa shape index (κ2) is 4.95. The van der Waals surface area contributed by atoms with Gasteiger partial charge in [-0.15, -0.1) is 0 Å². The van der Waals surface area contributed by atoms with E-state index in [0.717, 1.165) is 19.6 Å². The molecule has 2 unspecified atom stereocenters. The smallest absolute Gasteiger partial charge is 0.0516 e. The highest BCUT2D eigenvalue weighted by Crippen LogP contribution is 2.31. The summed E-state index contributed by atoms with van der Waals surface area (Å²) in [7, 11) is 0. The largest absolute Gasteiger partial charge is 0.381 e. The van der Waals surface area contributed by atoms with E-state index in [4.69, 9.17) is 10.6 Å². The number of benzene rings is 1. The molecule has 0 aromatic heterocycles. The number of ether oxygens (including phenoxy) is 1. The van der Waals surface area contributed by atoms with Gasteiger partial charge in [-0.2, -0.15) is 0 Å². The Bertz CT molecular complexity index is 339. The fourth-order valence-corrected chi connectivity index (χ4v) is 2.59. The van der Waals surface area contributed by atoms with Gasteiger partial charge in [-0.3, -0.25) is 11.3 Å². The Balaban J connectivity index is 2.32. The molecule has 1 heterocycles. The molecule has 1 aromatic carbocycles. The quantitative estimate of drug-likeness (QED) is 0.603. The van der Waals surface area contributed by atoms with Crippen LogP contribution < -0.4 is 11.3 Å². The molecule has 3 N–H and O–H groups in total. The Labute approximate surface area is 97.0 Å². The standard InChI is InChI=1S/C13H20N2O/c1-9-4-3-5-10(2)12(9)13(15-14)11-6-7-16-8-11/h3-5,11,13,15H,6-8,14H2,1-2H3. The number of hydrogen-bond acceptors (Lipinski definition) is 3. The van der Waals surface area contributed by atoms with E-state index in [0.29, 0.717) is 5.92 Å². The van der Waals surface area contributed by atoms with Crippen molar-refractivity contribution in [3.63, 3.8) is 0 Å². The molecule has 1 aliphatic rings. The molecule has 0 radical (unpaired) electrons. The lowest BCUT2D eigenvalue weighted by atomic mass is 9.87. The van der Waals surface area contributed by atoms with Crippen LogP contribution in [0.2, 0.25) is 0 Å². The van der Waals surface area contributed by atoms with E-state index in [1.54, 1.807) is 0 Å². The van der Waals surface area contributed by atoms with Crippen LogP contribution in [0.25, 0.3) is 0 Å². The van der Waals surface area contributed by atoms with Crippen LogP contribution in [-0.2, 0) is 4.74 Å². The summed E-state index contributed by atoms with van der Waals surface area (Å²) in [6.07, 6.45) is 1.09. The molecule has 0 aliphatic carbocycles. The van der Waals surface area contributed by atoms with Crippen molar-refractivity contribution >= 4 is 0 Å². The summed E-state index contributed by atoms with van der Waals surface area (Å²) in [5.74, 6) is 6.21. The van der Waals surface area contributed by atoms with Gasteiger partial charge in [-0.1, -0.05) is 18.2 Å². The van der Waals surface area contributed by atoms with Crippen LogP contribution >= 0.6 is 0 Å². The summed E-state index contributed by atoms with van der Waals surface area (Å²) in [6.45, 7) is 5.95. The molecular weight excluding hydrogens is 200 g/mol. The van der Waals surface area contributed by atoms with Crippen molar-refractivity contribution < 1.29 is 4.74 Å². The number of rotatable bonds is 3. The maximum Gasteiger partial charge on any atom is 0.0516 e. The number of nitrogens with two attached hydrogens (primary N) is 1. The molecular formula is C13H20N2O. The first-order valence-corrected chi connectivity index (χ1v) is 5.84. The van der Waals surface area contributed by atoms with Crippen molar-refractivity contribution in [1.82, 2.24) is 5.43 Å². The molecule has 0 amide bonds. The van der Waals surface area contributed by atoms with E-state index >= 15 is 0 Å². The molecule has 88 valence electrons. The van der Waals surface area contributed by atoms with E-state index in [1.807, 2.05) is 0 Å². The van der Waals surface area contributed by atoms with Crippen LogP contribution in [0.4, 0.5) is 0 Å². The van der Waals surface area contributed by atoms with E-state index in [-0.39, 0.29) is 6.04 Å². The highest BCUT2D eigenvalue weighted by molar-refractivity contribution is 5.36. The third-order valence-corrected chi connectivity index (χ3v) is 3.47. The minimum Gasteiger partial charge on any atom is -0.381 e. The molecule has 0 saturated carbocycles. The number of hydrazine groups is 1. The first-order chi connectivity index (χ1) is 7.74. The van der Waals surface area contributed by atoms with Gasteiger partial charge in [0.1, 0.15) is 0 Å². The molecule has 1 aromatic rings. The SMILES string of the molecule is Cc1cccc(C)c1C(NN)C1CCOC1. The normalized spacial score (nSPS) is 22.3. The van der Waals surface area contributed by atoms with Crippen molar-refractivity contribution in [2.75, 3.05) is 13.2 Å². The van der Waals surface area contributed by atoms with Crippen LogP contribution in [0.3, 0.4) is 0 Å². The molecule has 0 spiro atoms. The number of nitrogens with one attached hydrogen (secondary N) is 1. The molecule has 2 rings (SSSR count). The molecule has 3 heteroatoms. The van der Waals surface area contributed by atoms with Crippen LogP contribution in [-0.4, -0.2) is 13.2 Å². The molecule has 1 fully saturated rings. The maximum absolute atomic E-state index is 5.72. The predicted octanol–water partition coefficient (Wildman–Crippen LogP) is 1.84. The monoisotopic (exact) mass is 220 g/mol. The topological polar surface area (TPSA) is 47.3 Å². The molecule has 3 nitrogen and oxygen atoms in total. The van der Waals surface area contributed by atoms with Crippen LogP contribution in [0.1, 0.15) is 29.2 Å². The van der Waals surface area contributed by atoms with Crippen molar-refractivity contribution in [2.45, 2.75) is 26.3 Å². The van der Waals surface area contributed by atoms with E-state index in [2.05, 4.69) is 37.5 Å². The van der Waals surface area contributed by atoms with E-state index in [1.165, 1.54) is 16.7 Å². The van der Waals surface area contributed by atoms with Crippen LogP contribution in [0, 0.1) is 19.8 Å². The summed E-state index contributed by atoms with van der Waals surface area (Å²) >= 11 is 0. The zero-order valence-corrected chi connectivity index (χ0v) is 9.99. The second-order valence-electron chi connectivity index (χ2n) is 4.57. The van der Waals surface area contributed by atoms with Gasteiger partial charge in [0.05, 0.1) is 12.6 Å². The predicted molar refractivity (Wildman–Crippen MR) is 64.9 cm³/mol. The average Bonchev–Trinajstić information content (AvgIpc) is 2.77. The molecule has 0 bridgehead atoms. The van der Waals surface area contributed by atoms with Gasteiger partial charge in [-0.05, 0) is 37.0 Å². The lowest BCUT2D eigenvalue weighted by molar-refractivity contribution is 0.176. The Morgan fingerprint density at radius 2 is 2.06 bits per heavy atom. The number of aryl methyl sites for hydroxylation is 2. The zero-order valence-electron chi connectivity index (χ0n) is 9.99. The summed E-state index contributed by atoms with van der Waals surface area (Å²) in [6, 6.07) is 6.58. The minimum absolute atomic E-state index is 0.212. The zero-order chi connectivity index (χ0) is 11.5. The Kier molecular flexibility index (Phi) is 3.59. The highest BCUT2D eigenvalue weighted by Gasteiger charge is 2.28. The first kappa shape index (κ1) is 11.6. The average molecular weight is 220 g/mol. The Morgan fingerprint density at radius 3 is 2.56 bits per heavy atom. The van der Waals surface area contributed by atoms with E-state index < -0.39 is 0 Å². The fourth-order valence-electron chi connectivity index (χ4n) is 2.59. The summed E-state index contributed by atoms with van der Waals surface area (Å²) in [4.78, 5) is 0. The lowest BCUT2D eigenvalue weighted by Gasteiger charge is -2.25. The van der Waals surface area contributed by atoms with Crippen molar-refractivity contribution in [1.29, 1.82) is 0 Å². The van der Waals surface area contributed by atoms with Gasteiger partial charge in [0.25, 0.3) is 0 Å². The second-order valence-corrected chi connectivity index (χ2v) is 4.57. The van der Waals surface area contributed by atoms with Crippen LogP contribution in [0.15, 0.2) is 18.2 Å². The lowest BCUT2D eigenvalue weighted by Crippen LogP contribution is -2.34. The maximum atomic E-state index is 5.72. The molecule has 16 heavy (non-hydrogen) atoms. The first-order valence-electron chi connectivity index (χ1n) is 5.84. The van der Waals surface area contributed by atoms with Gasteiger partial charge in [-0.25, -0.2) is 0 Å². The van der Waals surface area contributed by atoms with E-state index in [9.17, 15) is 0 Å².